The van der Waals surface area contributed by atoms with Gasteiger partial charge >= 0.3 is 0 Å². The number of pyridine rings is 1. The van der Waals surface area contributed by atoms with E-state index >= 15 is 0 Å². The lowest BCUT2D eigenvalue weighted by molar-refractivity contribution is 0.0307. The highest BCUT2D eigenvalue weighted by Crippen LogP contribution is 2.26. The van der Waals surface area contributed by atoms with Crippen LogP contribution in [0.15, 0.2) is 42.6 Å². The van der Waals surface area contributed by atoms with E-state index < -0.39 is 0 Å². The summed E-state index contributed by atoms with van der Waals surface area (Å²) >= 11 is 0. The van der Waals surface area contributed by atoms with Crippen LogP contribution in [0.5, 0.6) is 5.75 Å². The van der Waals surface area contributed by atoms with Crippen LogP contribution in [0.4, 0.5) is 0 Å². The van der Waals surface area contributed by atoms with Gasteiger partial charge in [-0.1, -0.05) is 12.1 Å². The number of hydrogen-bond acceptors (Lipinski definition) is 5. The second-order valence-corrected chi connectivity index (χ2v) is 5.59. The number of carbonyl (C=O) groups is 1. The molecule has 23 heavy (non-hydrogen) atoms. The number of nitrogens with zero attached hydrogens (tertiary/aromatic N) is 2. The molecule has 1 aliphatic rings. The Hall–Kier alpha value is -2.24. The lowest BCUT2D eigenvalue weighted by atomic mass is 10.1. The molecule has 0 amide bonds. The monoisotopic (exact) mass is 311 g/mol. The Bertz CT molecular complexity index is 655. The summed E-state index contributed by atoms with van der Waals surface area (Å²) in [6, 6.07) is 11.3. The first kappa shape index (κ1) is 15.6. The second-order valence-electron chi connectivity index (χ2n) is 5.59. The van der Waals surface area contributed by atoms with Gasteiger partial charge in [0.05, 0.1) is 11.3 Å². The summed E-state index contributed by atoms with van der Waals surface area (Å²) in [5.74, 6) is 0.606. The predicted octanol–water partition coefficient (Wildman–Crippen LogP) is 2.19. The maximum absolute atomic E-state index is 11.3. The molecule has 0 spiro atoms. The molecule has 5 heteroatoms. The van der Waals surface area contributed by atoms with Crippen molar-refractivity contribution in [1.29, 1.82) is 0 Å². The molecule has 5 nitrogen and oxygen atoms in total. The van der Waals surface area contributed by atoms with Gasteiger partial charge in [-0.15, -0.1) is 0 Å². The molecule has 120 valence electrons. The summed E-state index contributed by atoms with van der Waals surface area (Å²) < 4.78 is 6.08. The van der Waals surface area contributed by atoms with Crippen LogP contribution in [0.2, 0.25) is 0 Å². The Morgan fingerprint density at radius 2 is 2.09 bits per heavy atom. The van der Waals surface area contributed by atoms with E-state index in [0.717, 1.165) is 43.7 Å². The Balaban J connectivity index is 1.83. The number of benzene rings is 1. The van der Waals surface area contributed by atoms with E-state index in [1.807, 2.05) is 37.3 Å². The highest BCUT2D eigenvalue weighted by Gasteiger charge is 2.19. The van der Waals surface area contributed by atoms with Crippen molar-refractivity contribution < 1.29 is 9.53 Å². The van der Waals surface area contributed by atoms with Gasteiger partial charge in [-0.2, -0.15) is 0 Å². The molecule has 1 aromatic heterocycles. The predicted molar refractivity (Wildman–Crippen MR) is 89.6 cm³/mol. The lowest BCUT2D eigenvalue weighted by Crippen LogP contribution is -2.49. The fraction of sp³-hybridized carbons (Fsp3) is 0.333. The van der Waals surface area contributed by atoms with E-state index in [1.165, 1.54) is 0 Å². The van der Waals surface area contributed by atoms with Gasteiger partial charge in [0.15, 0.2) is 6.29 Å². The van der Waals surface area contributed by atoms with Gasteiger partial charge in [-0.25, -0.2) is 0 Å². The highest BCUT2D eigenvalue weighted by atomic mass is 16.5. The summed E-state index contributed by atoms with van der Waals surface area (Å²) in [5.41, 5.74) is 2.37. The van der Waals surface area contributed by atoms with Crippen molar-refractivity contribution in [3.8, 4) is 17.0 Å². The van der Waals surface area contributed by atoms with Gasteiger partial charge in [-0.05, 0) is 31.2 Å². The molecule has 1 N–H and O–H groups in total. The fourth-order valence-corrected chi connectivity index (χ4v) is 2.73. The molecule has 0 saturated carbocycles. The zero-order chi connectivity index (χ0) is 16.1. The third-order valence-corrected chi connectivity index (χ3v) is 4.06. The molecule has 3 rings (SSSR count). The molecule has 0 bridgehead atoms. The topological polar surface area (TPSA) is 54.5 Å². The summed E-state index contributed by atoms with van der Waals surface area (Å²) in [6.07, 6.45) is 2.52. The smallest absolute Gasteiger partial charge is 0.153 e. The third-order valence-electron chi connectivity index (χ3n) is 4.06. The van der Waals surface area contributed by atoms with Crippen LogP contribution in [0.25, 0.3) is 11.3 Å². The molecular weight excluding hydrogens is 290 g/mol. The minimum Gasteiger partial charge on any atom is -0.475 e. The number of rotatable bonds is 5. The van der Waals surface area contributed by atoms with Crippen LogP contribution in [0, 0.1) is 0 Å². The van der Waals surface area contributed by atoms with E-state index in [2.05, 4.69) is 15.2 Å². The summed E-state index contributed by atoms with van der Waals surface area (Å²) in [6.45, 7) is 5.83. The standard InChI is InChI=1S/C18H21N3O2/c1-14(21-10-8-19-9-11-21)23-18-12-15(5-6-16(18)13-22)17-4-2-3-7-20-17/h2-7,12-14,19H,8-11H2,1H3. The lowest BCUT2D eigenvalue weighted by Gasteiger charge is -2.33. The van der Waals surface area contributed by atoms with Gasteiger partial charge < -0.3 is 10.1 Å². The number of piperazine rings is 1. The quantitative estimate of drug-likeness (QED) is 0.858. The molecule has 1 atom stereocenters. The fourth-order valence-electron chi connectivity index (χ4n) is 2.73. The largest absolute Gasteiger partial charge is 0.475 e. The molecule has 1 saturated heterocycles. The molecule has 1 aromatic carbocycles. The summed E-state index contributed by atoms with van der Waals surface area (Å²) in [5, 5.41) is 3.32. The minimum atomic E-state index is -0.0743. The van der Waals surface area contributed by atoms with E-state index in [1.54, 1.807) is 12.3 Å². The van der Waals surface area contributed by atoms with Crippen LogP contribution < -0.4 is 10.1 Å². The van der Waals surface area contributed by atoms with E-state index in [9.17, 15) is 4.79 Å². The Kier molecular flexibility index (Phi) is 5.00. The molecule has 2 aromatic rings. The first-order valence-corrected chi connectivity index (χ1v) is 7.90. The van der Waals surface area contributed by atoms with Crippen molar-refractivity contribution in [3.63, 3.8) is 0 Å². The third kappa shape index (κ3) is 3.75. The molecule has 0 radical (unpaired) electrons. The second kappa shape index (κ2) is 7.35. The highest BCUT2D eigenvalue weighted by molar-refractivity contribution is 5.81. The SMILES string of the molecule is CC(Oc1cc(-c2ccccn2)ccc1C=O)N1CCNCC1. The van der Waals surface area contributed by atoms with Crippen molar-refractivity contribution in [2.24, 2.45) is 0 Å². The number of hydrogen-bond donors (Lipinski definition) is 1. The maximum Gasteiger partial charge on any atom is 0.153 e. The number of nitrogens with one attached hydrogen (secondary N) is 1. The van der Waals surface area contributed by atoms with Crippen LogP contribution >= 0.6 is 0 Å². The van der Waals surface area contributed by atoms with Crippen LogP contribution in [0.1, 0.15) is 17.3 Å². The Morgan fingerprint density at radius 3 is 2.78 bits per heavy atom. The maximum atomic E-state index is 11.3. The number of ether oxygens (including phenoxy) is 1. The van der Waals surface area contributed by atoms with E-state index in [4.69, 9.17) is 4.74 Å². The molecule has 1 unspecified atom stereocenters. The average Bonchev–Trinajstić information content (AvgIpc) is 2.63. The summed E-state index contributed by atoms with van der Waals surface area (Å²) in [4.78, 5) is 17.9. The molecule has 1 aliphatic heterocycles. The van der Waals surface area contributed by atoms with Crippen LogP contribution in [-0.4, -0.2) is 48.6 Å². The van der Waals surface area contributed by atoms with Gasteiger partial charge in [0, 0.05) is 37.9 Å². The zero-order valence-electron chi connectivity index (χ0n) is 13.2. The first-order chi connectivity index (χ1) is 11.3. The Morgan fingerprint density at radius 1 is 1.26 bits per heavy atom. The van der Waals surface area contributed by atoms with Crippen molar-refractivity contribution in [3.05, 3.63) is 48.2 Å². The van der Waals surface area contributed by atoms with Gasteiger partial charge in [0.25, 0.3) is 0 Å². The molecular formula is C18H21N3O2. The number of carbonyl (C=O) groups excluding carboxylic acids is 1. The Labute approximate surface area is 136 Å². The molecule has 0 aliphatic carbocycles. The normalized spacial score (nSPS) is 16.7. The van der Waals surface area contributed by atoms with Crippen LogP contribution in [-0.2, 0) is 0 Å². The number of aldehydes is 1. The van der Waals surface area contributed by atoms with Crippen molar-refractivity contribution >= 4 is 6.29 Å². The van der Waals surface area contributed by atoms with E-state index in [0.29, 0.717) is 11.3 Å². The van der Waals surface area contributed by atoms with Crippen molar-refractivity contribution in [2.75, 3.05) is 26.2 Å². The molecule has 1 fully saturated rings. The van der Waals surface area contributed by atoms with Crippen molar-refractivity contribution in [1.82, 2.24) is 15.2 Å². The van der Waals surface area contributed by atoms with Crippen LogP contribution in [0.3, 0.4) is 0 Å². The summed E-state index contributed by atoms with van der Waals surface area (Å²) in [7, 11) is 0. The van der Waals surface area contributed by atoms with Gasteiger partial charge in [0.1, 0.15) is 12.0 Å². The first-order valence-electron chi connectivity index (χ1n) is 7.90. The van der Waals surface area contributed by atoms with E-state index in [-0.39, 0.29) is 6.23 Å². The minimum absolute atomic E-state index is 0.0743. The van der Waals surface area contributed by atoms with Crippen molar-refractivity contribution in [2.45, 2.75) is 13.2 Å². The zero-order valence-corrected chi connectivity index (χ0v) is 13.2. The van der Waals surface area contributed by atoms with Gasteiger partial charge in [-0.3, -0.25) is 14.7 Å². The molecule has 2 heterocycles. The number of aromatic nitrogens is 1. The van der Waals surface area contributed by atoms with Gasteiger partial charge in [0.2, 0.25) is 0 Å². The average molecular weight is 311 g/mol.